The number of halogens is 2. The van der Waals surface area contributed by atoms with Gasteiger partial charge in [0.1, 0.15) is 5.82 Å². The molecule has 2 N–H and O–H groups in total. The zero-order valence-corrected chi connectivity index (χ0v) is 11.5. The fourth-order valence-corrected chi connectivity index (χ4v) is 2.50. The molecule has 0 atom stereocenters. The number of carbonyl (C=O) groups excluding carboxylic acids is 1. The van der Waals surface area contributed by atoms with Crippen molar-refractivity contribution in [3.63, 3.8) is 0 Å². The lowest BCUT2D eigenvalue weighted by Crippen LogP contribution is -2.36. The van der Waals surface area contributed by atoms with Gasteiger partial charge in [-0.3, -0.25) is 4.79 Å². The van der Waals surface area contributed by atoms with Crippen LogP contribution in [0.4, 0.5) is 4.39 Å². The topological polar surface area (TPSA) is 41.1 Å². The third-order valence-corrected chi connectivity index (χ3v) is 3.80. The van der Waals surface area contributed by atoms with E-state index in [1.54, 1.807) is 6.07 Å². The second-order valence-corrected chi connectivity index (χ2v) is 5.28. The molecule has 0 aromatic heterocycles. The van der Waals surface area contributed by atoms with Crippen LogP contribution in [0, 0.1) is 11.7 Å². The van der Waals surface area contributed by atoms with Crippen molar-refractivity contribution >= 4 is 17.5 Å². The molecule has 0 radical (unpaired) electrons. The van der Waals surface area contributed by atoms with Gasteiger partial charge in [0, 0.05) is 17.1 Å². The number of benzene rings is 1. The normalized spacial score (nSPS) is 16.3. The van der Waals surface area contributed by atoms with Crippen molar-refractivity contribution < 1.29 is 9.18 Å². The number of nitrogens with one attached hydrogen (secondary N) is 2. The van der Waals surface area contributed by atoms with Crippen LogP contribution in [0.15, 0.2) is 18.2 Å². The first-order chi connectivity index (χ1) is 9.16. The minimum Gasteiger partial charge on any atom is -0.356 e. The number of carbonyl (C=O) groups is 1. The molecule has 1 fully saturated rings. The fourth-order valence-electron chi connectivity index (χ4n) is 2.27. The maximum absolute atomic E-state index is 13.5. The summed E-state index contributed by atoms with van der Waals surface area (Å²) in [6.07, 6.45) is 2.14. The van der Waals surface area contributed by atoms with Crippen LogP contribution < -0.4 is 10.6 Å². The van der Waals surface area contributed by atoms with E-state index < -0.39 is 5.82 Å². The van der Waals surface area contributed by atoms with Crippen LogP contribution in [0.3, 0.4) is 0 Å². The summed E-state index contributed by atoms with van der Waals surface area (Å²) in [6.45, 7) is 2.66. The highest BCUT2D eigenvalue weighted by Crippen LogP contribution is 2.19. The van der Waals surface area contributed by atoms with Crippen molar-refractivity contribution in [2.24, 2.45) is 5.92 Å². The summed E-state index contributed by atoms with van der Waals surface area (Å²) in [5.74, 6) is -0.0867. The van der Waals surface area contributed by atoms with Crippen molar-refractivity contribution in [3.05, 3.63) is 34.6 Å². The molecule has 0 spiro atoms. The van der Waals surface area contributed by atoms with E-state index in [1.807, 2.05) is 0 Å². The van der Waals surface area contributed by atoms with Gasteiger partial charge in [0.25, 0.3) is 0 Å². The van der Waals surface area contributed by atoms with E-state index in [4.69, 9.17) is 11.6 Å². The Hall–Kier alpha value is -1.13. The molecule has 1 heterocycles. The Labute approximate surface area is 117 Å². The van der Waals surface area contributed by atoms with Crippen LogP contribution in [0.5, 0.6) is 0 Å². The molecule has 0 bridgehead atoms. The lowest BCUT2D eigenvalue weighted by atomic mass is 9.98. The third kappa shape index (κ3) is 4.18. The third-order valence-electron chi connectivity index (χ3n) is 3.45. The van der Waals surface area contributed by atoms with Gasteiger partial charge in [-0.2, -0.15) is 0 Å². The summed E-state index contributed by atoms with van der Waals surface area (Å²) in [5.41, 5.74) is 0.270. The molecule has 2 rings (SSSR count). The Morgan fingerprint density at radius 1 is 1.42 bits per heavy atom. The standard InChI is InChI=1S/C14H18ClFN2O/c15-12-2-1-3-13(16)11(12)8-14(19)18-9-10-4-6-17-7-5-10/h1-3,10,17H,4-9H2,(H,18,19). The molecule has 1 amide bonds. The minimum atomic E-state index is -0.426. The molecule has 1 aliphatic rings. The summed E-state index contributed by atoms with van der Waals surface area (Å²) in [4.78, 5) is 11.8. The number of amides is 1. The smallest absolute Gasteiger partial charge is 0.224 e. The second-order valence-electron chi connectivity index (χ2n) is 4.87. The van der Waals surface area contributed by atoms with E-state index in [1.165, 1.54) is 12.1 Å². The molecular weight excluding hydrogens is 267 g/mol. The number of piperidine rings is 1. The maximum Gasteiger partial charge on any atom is 0.224 e. The van der Waals surface area contributed by atoms with Crippen molar-refractivity contribution in [1.82, 2.24) is 10.6 Å². The van der Waals surface area contributed by atoms with Crippen LogP contribution in [0.2, 0.25) is 5.02 Å². The second kappa shape index (κ2) is 6.87. The number of hydrogen-bond acceptors (Lipinski definition) is 2. The van der Waals surface area contributed by atoms with E-state index in [0.29, 0.717) is 17.5 Å². The van der Waals surface area contributed by atoms with Gasteiger partial charge in [-0.15, -0.1) is 0 Å². The molecule has 19 heavy (non-hydrogen) atoms. The molecule has 1 aliphatic heterocycles. The van der Waals surface area contributed by atoms with Crippen molar-refractivity contribution in [1.29, 1.82) is 0 Å². The van der Waals surface area contributed by atoms with Gasteiger partial charge < -0.3 is 10.6 Å². The largest absolute Gasteiger partial charge is 0.356 e. The zero-order valence-electron chi connectivity index (χ0n) is 10.7. The predicted molar refractivity (Wildman–Crippen MR) is 73.7 cm³/mol. The first kappa shape index (κ1) is 14.3. The highest BCUT2D eigenvalue weighted by molar-refractivity contribution is 6.31. The Balaban J connectivity index is 1.83. The van der Waals surface area contributed by atoms with Crippen LogP contribution in [-0.4, -0.2) is 25.5 Å². The number of rotatable bonds is 4. The SMILES string of the molecule is O=C(Cc1c(F)cccc1Cl)NCC1CCNCC1. The Bertz CT molecular complexity index is 427. The first-order valence-corrected chi connectivity index (χ1v) is 6.95. The molecule has 0 aliphatic carbocycles. The molecular formula is C14H18ClFN2O. The van der Waals surface area contributed by atoms with Crippen LogP contribution in [-0.2, 0) is 11.2 Å². The summed E-state index contributed by atoms with van der Waals surface area (Å²) in [7, 11) is 0. The Morgan fingerprint density at radius 3 is 2.84 bits per heavy atom. The number of hydrogen-bond donors (Lipinski definition) is 2. The molecule has 0 saturated carbocycles. The van der Waals surface area contributed by atoms with Gasteiger partial charge in [-0.25, -0.2) is 4.39 Å². The van der Waals surface area contributed by atoms with E-state index >= 15 is 0 Å². The van der Waals surface area contributed by atoms with Gasteiger partial charge >= 0.3 is 0 Å². The van der Waals surface area contributed by atoms with Gasteiger partial charge in [-0.05, 0) is 44.0 Å². The van der Waals surface area contributed by atoms with Crippen LogP contribution >= 0.6 is 11.6 Å². The Morgan fingerprint density at radius 2 is 2.16 bits per heavy atom. The molecule has 3 nitrogen and oxygen atoms in total. The Kier molecular flexibility index (Phi) is 5.16. The van der Waals surface area contributed by atoms with Gasteiger partial charge in [0.05, 0.1) is 6.42 Å². The van der Waals surface area contributed by atoms with E-state index in [0.717, 1.165) is 25.9 Å². The van der Waals surface area contributed by atoms with E-state index in [9.17, 15) is 9.18 Å². The quantitative estimate of drug-likeness (QED) is 0.889. The van der Waals surface area contributed by atoms with Crippen LogP contribution in [0.1, 0.15) is 18.4 Å². The van der Waals surface area contributed by atoms with Gasteiger partial charge in [0.2, 0.25) is 5.91 Å². The predicted octanol–water partition coefficient (Wildman–Crippen LogP) is 2.14. The molecule has 104 valence electrons. The minimum absolute atomic E-state index is 0.00350. The monoisotopic (exact) mass is 284 g/mol. The van der Waals surface area contributed by atoms with Crippen LogP contribution in [0.25, 0.3) is 0 Å². The van der Waals surface area contributed by atoms with Crippen molar-refractivity contribution in [2.45, 2.75) is 19.3 Å². The van der Waals surface area contributed by atoms with E-state index in [-0.39, 0.29) is 17.9 Å². The average molecular weight is 285 g/mol. The zero-order chi connectivity index (χ0) is 13.7. The fraction of sp³-hybridized carbons (Fsp3) is 0.500. The maximum atomic E-state index is 13.5. The summed E-state index contributed by atoms with van der Waals surface area (Å²) < 4.78 is 13.5. The van der Waals surface area contributed by atoms with Gasteiger partial charge in [-0.1, -0.05) is 17.7 Å². The lowest BCUT2D eigenvalue weighted by molar-refractivity contribution is -0.120. The van der Waals surface area contributed by atoms with Gasteiger partial charge in [0.15, 0.2) is 0 Å². The highest BCUT2D eigenvalue weighted by Gasteiger charge is 2.15. The average Bonchev–Trinajstić information content (AvgIpc) is 2.42. The molecule has 1 aromatic rings. The summed E-state index contributed by atoms with van der Waals surface area (Å²) in [6, 6.07) is 4.45. The summed E-state index contributed by atoms with van der Waals surface area (Å²) in [5, 5.41) is 6.44. The molecule has 1 saturated heterocycles. The lowest BCUT2D eigenvalue weighted by Gasteiger charge is -2.22. The highest BCUT2D eigenvalue weighted by atomic mass is 35.5. The molecule has 0 unspecified atom stereocenters. The summed E-state index contributed by atoms with van der Waals surface area (Å²) >= 11 is 5.89. The van der Waals surface area contributed by atoms with E-state index in [2.05, 4.69) is 10.6 Å². The molecule has 1 aromatic carbocycles. The first-order valence-electron chi connectivity index (χ1n) is 6.57. The van der Waals surface area contributed by atoms with Crippen molar-refractivity contribution in [3.8, 4) is 0 Å². The van der Waals surface area contributed by atoms with Crippen molar-refractivity contribution in [2.75, 3.05) is 19.6 Å². The molecule has 5 heteroatoms.